The van der Waals surface area contributed by atoms with E-state index in [0.29, 0.717) is 6.54 Å². The molecule has 3 aromatic rings. The number of amides is 1. The van der Waals surface area contributed by atoms with Crippen LogP contribution in [0.1, 0.15) is 16.7 Å². The first-order chi connectivity index (χ1) is 12.7. The molecular formula is C19H19FN4O2. The SMILES string of the molecule is O=C(/C=C/c1ccc(CNCCc2cnc3[nH]ccc3c2)cc1F)NO. The maximum atomic E-state index is 14.0. The number of rotatable bonds is 7. The van der Waals surface area contributed by atoms with Gasteiger partial charge in [-0.15, -0.1) is 0 Å². The lowest BCUT2D eigenvalue weighted by molar-refractivity contribution is -0.124. The molecule has 7 heteroatoms. The van der Waals surface area contributed by atoms with Gasteiger partial charge in [0.15, 0.2) is 0 Å². The van der Waals surface area contributed by atoms with E-state index in [1.165, 1.54) is 17.6 Å². The molecule has 2 aromatic heterocycles. The van der Waals surface area contributed by atoms with Crippen molar-refractivity contribution in [1.29, 1.82) is 0 Å². The number of aromatic amines is 1. The Kier molecular flexibility index (Phi) is 5.73. The first kappa shape index (κ1) is 17.8. The van der Waals surface area contributed by atoms with E-state index in [2.05, 4.69) is 21.4 Å². The predicted octanol–water partition coefficient (Wildman–Crippen LogP) is 2.55. The van der Waals surface area contributed by atoms with Crippen molar-refractivity contribution in [2.24, 2.45) is 0 Å². The van der Waals surface area contributed by atoms with Gasteiger partial charge in [0.05, 0.1) is 0 Å². The first-order valence-corrected chi connectivity index (χ1v) is 8.19. The van der Waals surface area contributed by atoms with Crippen molar-refractivity contribution in [2.45, 2.75) is 13.0 Å². The number of aromatic nitrogens is 2. The molecule has 6 nitrogen and oxygen atoms in total. The summed E-state index contributed by atoms with van der Waals surface area (Å²) < 4.78 is 14.0. The minimum absolute atomic E-state index is 0.281. The number of hydrogen-bond donors (Lipinski definition) is 4. The summed E-state index contributed by atoms with van der Waals surface area (Å²) in [6.45, 7) is 1.29. The van der Waals surface area contributed by atoms with Gasteiger partial charge in [-0.25, -0.2) is 14.9 Å². The Balaban J connectivity index is 1.50. The fraction of sp³-hybridized carbons (Fsp3) is 0.158. The second-order valence-electron chi connectivity index (χ2n) is 5.85. The molecule has 4 N–H and O–H groups in total. The van der Waals surface area contributed by atoms with Crippen molar-refractivity contribution in [2.75, 3.05) is 6.54 Å². The van der Waals surface area contributed by atoms with Crippen LogP contribution in [-0.2, 0) is 17.8 Å². The highest BCUT2D eigenvalue weighted by Gasteiger charge is 2.03. The van der Waals surface area contributed by atoms with Gasteiger partial charge in [-0.05, 0) is 48.4 Å². The van der Waals surface area contributed by atoms with E-state index in [1.54, 1.807) is 12.1 Å². The van der Waals surface area contributed by atoms with E-state index in [-0.39, 0.29) is 5.56 Å². The van der Waals surface area contributed by atoms with Crippen molar-refractivity contribution < 1.29 is 14.4 Å². The Hall–Kier alpha value is -3.03. The normalized spacial score (nSPS) is 11.3. The summed E-state index contributed by atoms with van der Waals surface area (Å²) in [6.07, 6.45) is 6.91. The highest BCUT2D eigenvalue weighted by molar-refractivity contribution is 5.90. The van der Waals surface area contributed by atoms with Gasteiger partial charge in [0.1, 0.15) is 11.5 Å². The minimum atomic E-state index is -0.706. The molecule has 3 rings (SSSR count). The Labute approximate surface area is 149 Å². The zero-order valence-electron chi connectivity index (χ0n) is 14.0. The molecule has 1 amide bonds. The van der Waals surface area contributed by atoms with Crippen molar-refractivity contribution in [3.8, 4) is 0 Å². The number of pyridine rings is 1. The van der Waals surface area contributed by atoms with E-state index < -0.39 is 11.7 Å². The zero-order chi connectivity index (χ0) is 18.4. The second kappa shape index (κ2) is 8.37. The summed E-state index contributed by atoms with van der Waals surface area (Å²) in [5, 5.41) is 12.8. The molecule has 0 aliphatic carbocycles. The van der Waals surface area contributed by atoms with Crippen LogP contribution in [0.5, 0.6) is 0 Å². The third-order valence-corrected chi connectivity index (χ3v) is 3.97. The van der Waals surface area contributed by atoms with Gasteiger partial charge < -0.3 is 10.3 Å². The Morgan fingerprint density at radius 2 is 2.15 bits per heavy atom. The monoisotopic (exact) mass is 354 g/mol. The summed E-state index contributed by atoms with van der Waals surface area (Å²) in [7, 11) is 0. The average Bonchev–Trinajstić information content (AvgIpc) is 3.12. The van der Waals surface area contributed by atoms with Crippen LogP contribution < -0.4 is 10.8 Å². The van der Waals surface area contributed by atoms with Gasteiger partial charge in [0.25, 0.3) is 5.91 Å². The van der Waals surface area contributed by atoms with Gasteiger partial charge in [0.2, 0.25) is 0 Å². The predicted molar refractivity (Wildman–Crippen MR) is 96.9 cm³/mol. The molecule has 0 unspecified atom stereocenters. The molecule has 0 spiro atoms. The number of fused-ring (bicyclic) bond motifs is 1. The van der Waals surface area contributed by atoms with Crippen LogP contribution in [0, 0.1) is 5.82 Å². The van der Waals surface area contributed by atoms with E-state index >= 15 is 0 Å². The number of hydrogen-bond acceptors (Lipinski definition) is 4. The summed E-state index contributed by atoms with van der Waals surface area (Å²) >= 11 is 0. The third kappa shape index (κ3) is 4.53. The number of benzene rings is 1. The molecule has 1 aromatic carbocycles. The van der Waals surface area contributed by atoms with Crippen LogP contribution in [-0.4, -0.2) is 27.6 Å². The Morgan fingerprint density at radius 3 is 2.96 bits per heavy atom. The van der Waals surface area contributed by atoms with Gasteiger partial charge in [0, 0.05) is 36.0 Å². The topological polar surface area (TPSA) is 90.0 Å². The van der Waals surface area contributed by atoms with Crippen molar-refractivity contribution >= 4 is 23.0 Å². The number of hydroxylamine groups is 1. The minimum Gasteiger partial charge on any atom is -0.346 e. The van der Waals surface area contributed by atoms with Gasteiger partial charge in [-0.1, -0.05) is 12.1 Å². The van der Waals surface area contributed by atoms with E-state index in [0.717, 1.165) is 41.2 Å². The standard InChI is InChI=1S/C19H19FN4O2/c20-17-10-13(1-2-15(17)3-4-18(25)24-26)11-21-7-5-14-9-16-6-8-22-19(16)23-12-14/h1-4,6,8-10,12,21,26H,5,7,11H2,(H,22,23)(H,24,25)/b4-3+. The van der Waals surface area contributed by atoms with Crippen LogP contribution in [0.4, 0.5) is 4.39 Å². The van der Waals surface area contributed by atoms with Crippen molar-refractivity contribution in [1.82, 2.24) is 20.8 Å². The molecule has 0 saturated carbocycles. The largest absolute Gasteiger partial charge is 0.346 e. The van der Waals surface area contributed by atoms with Gasteiger partial charge in [-0.2, -0.15) is 0 Å². The van der Waals surface area contributed by atoms with Crippen LogP contribution >= 0.6 is 0 Å². The smallest absolute Gasteiger partial charge is 0.267 e. The molecule has 0 aliphatic rings. The quantitative estimate of drug-likeness (QED) is 0.227. The van der Waals surface area contributed by atoms with E-state index in [9.17, 15) is 9.18 Å². The highest BCUT2D eigenvalue weighted by Crippen LogP contribution is 2.13. The molecule has 0 radical (unpaired) electrons. The molecule has 2 heterocycles. The summed E-state index contributed by atoms with van der Waals surface area (Å²) in [4.78, 5) is 18.3. The average molecular weight is 354 g/mol. The van der Waals surface area contributed by atoms with Crippen LogP contribution in [0.3, 0.4) is 0 Å². The summed E-state index contributed by atoms with van der Waals surface area (Å²) in [5.74, 6) is -1.13. The lowest BCUT2D eigenvalue weighted by Gasteiger charge is -2.07. The summed E-state index contributed by atoms with van der Waals surface area (Å²) in [5.41, 5.74) is 4.56. The molecular weight excluding hydrogens is 335 g/mol. The first-order valence-electron chi connectivity index (χ1n) is 8.19. The number of nitrogens with one attached hydrogen (secondary N) is 3. The van der Waals surface area contributed by atoms with Crippen LogP contribution in [0.2, 0.25) is 0 Å². The number of H-pyrrole nitrogens is 1. The lowest BCUT2D eigenvalue weighted by Crippen LogP contribution is -2.17. The molecule has 0 atom stereocenters. The number of carbonyl (C=O) groups is 1. The molecule has 0 fully saturated rings. The zero-order valence-corrected chi connectivity index (χ0v) is 14.0. The molecule has 0 saturated heterocycles. The molecule has 134 valence electrons. The maximum Gasteiger partial charge on any atom is 0.267 e. The number of halogens is 1. The van der Waals surface area contributed by atoms with E-state index in [4.69, 9.17) is 5.21 Å². The highest BCUT2D eigenvalue weighted by atomic mass is 19.1. The maximum absolute atomic E-state index is 14.0. The molecule has 26 heavy (non-hydrogen) atoms. The third-order valence-electron chi connectivity index (χ3n) is 3.97. The fourth-order valence-electron chi connectivity index (χ4n) is 2.61. The van der Waals surface area contributed by atoms with E-state index in [1.807, 2.05) is 18.5 Å². The lowest BCUT2D eigenvalue weighted by atomic mass is 10.1. The van der Waals surface area contributed by atoms with Crippen LogP contribution in [0.15, 0.2) is 48.8 Å². The van der Waals surface area contributed by atoms with Crippen LogP contribution in [0.25, 0.3) is 17.1 Å². The summed E-state index contributed by atoms with van der Waals surface area (Å²) in [6, 6.07) is 8.90. The Morgan fingerprint density at radius 1 is 1.27 bits per heavy atom. The van der Waals surface area contributed by atoms with Crippen molar-refractivity contribution in [3.63, 3.8) is 0 Å². The van der Waals surface area contributed by atoms with Gasteiger partial charge in [-0.3, -0.25) is 10.0 Å². The number of nitrogens with zero attached hydrogens (tertiary/aromatic N) is 1. The molecule has 0 bridgehead atoms. The Bertz CT molecular complexity index is 936. The second-order valence-corrected chi connectivity index (χ2v) is 5.85. The fourth-order valence-corrected chi connectivity index (χ4v) is 2.61. The van der Waals surface area contributed by atoms with Crippen molar-refractivity contribution in [3.05, 3.63) is 71.3 Å². The van der Waals surface area contributed by atoms with Gasteiger partial charge >= 0.3 is 0 Å². The number of carbonyl (C=O) groups excluding carboxylic acids is 1. The molecule has 0 aliphatic heterocycles.